The van der Waals surface area contributed by atoms with Crippen LogP contribution < -0.4 is 11.2 Å². The van der Waals surface area contributed by atoms with Crippen LogP contribution in [0, 0.1) is 0 Å². The van der Waals surface area contributed by atoms with Gasteiger partial charge in [0.05, 0.1) is 34.9 Å². The minimum Gasteiger partial charge on any atom is -0.446 e. The Morgan fingerprint density at radius 1 is 1.09 bits per heavy atom. The number of aromatic nitrogens is 3. The Morgan fingerprint density at radius 2 is 1.85 bits per heavy atom. The van der Waals surface area contributed by atoms with Crippen molar-refractivity contribution >= 4 is 34.1 Å². The van der Waals surface area contributed by atoms with E-state index < -0.39 is 11.8 Å². The fourth-order valence-corrected chi connectivity index (χ4v) is 5.16. The van der Waals surface area contributed by atoms with Gasteiger partial charge in [-0.15, -0.1) is 0 Å². The van der Waals surface area contributed by atoms with E-state index in [1.807, 2.05) is 37.2 Å². The van der Waals surface area contributed by atoms with Crippen LogP contribution in [0.15, 0.2) is 50.4 Å². The molecule has 0 saturated carbocycles. The number of likely N-dealkylation sites (N-methyl/N-ethyl adjacent to an activating group) is 1. The van der Waals surface area contributed by atoms with Gasteiger partial charge in [0, 0.05) is 31.2 Å². The van der Waals surface area contributed by atoms with Gasteiger partial charge < -0.3 is 18.6 Å². The Kier molecular flexibility index (Phi) is 5.72. The van der Waals surface area contributed by atoms with Crippen molar-refractivity contribution in [3.63, 3.8) is 0 Å². The van der Waals surface area contributed by atoms with Gasteiger partial charge in [-0.25, -0.2) is 4.79 Å². The molecule has 5 rings (SSSR count). The molecule has 2 atom stereocenters. The van der Waals surface area contributed by atoms with Gasteiger partial charge in [0.15, 0.2) is 11.3 Å². The predicted molar refractivity (Wildman–Crippen MR) is 132 cm³/mol. The lowest BCUT2D eigenvalue weighted by Gasteiger charge is -2.33. The van der Waals surface area contributed by atoms with Crippen LogP contribution in [0.5, 0.6) is 0 Å². The number of nitrogens with zero attached hydrogens (tertiary/aromatic N) is 4. The first-order valence-electron chi connectivity index (χ1n) is 10.8. The van der Waals surface area contributed by atoms with Crippen LogP contribution in [0.4, 0.5) is 0 Å². The quantitative estimate of drug-likeness (QED) is 0.425. The van der Waals surface area contributed by atoms with Crippen molar-refractivity contribution in [3.05, 3.63) is 78.9 Å². The molecule has 0 spiro atoms. The standard InChI is InChI=1S/C24H24Cl2N4O4/c1-27(2)11-15-12-30-19(13-6-5-7-14(25)10-13)18-20(28(3)24(32)29(4)23(18)31)21(30)22(33-15)16-8-9-17(26)34-16/h5-10,15,22H,11-12H2,1-4H3/t15-,22-/m0/s1. The Hall–Kier alpha value is -2.78. The summed E-state index contributed by atoms with van der Waals surface area (Å²) in [7, 11) is 7.09. The third-order valence-corrected chi connectivity index (χ3v) is 6.63. The Bertz CT molecular complexity index is 1530. The molecular weight excluding hydrogens is 479 g/mol. The molecule has 8 nitrogen and oxygen atoms in total. The molecule has 4 heterocycles. The fourth-order valence-electron chi connectivity index (χ4n) is 4.81. The van der Waals surface area contributed by atoms with Crippen LogP contribution in [0.25, 0.3) is 22.2 Å². The Labute approximate surface area is 205 Å². The van der Waals surface area contributed by atoms with Crippen molar-refractivity contribution < 1.29 is 9.15 Å². The molecule has 0 N–H and O–H groups in total. The molecule has 0 amide bonds. The highest BCUT2D eigenvalue weighted by Gasteiger charge is 2.38. The first-order chi connectivity index (χ1) is 16.2. The SMILES string of the molecule is CN(C)C[C@H]1Cn2c(-c3cccc(Cl)c3)c3c(=O)n(C)c(=O)n(C)c3c2[C@H](c2ccc(Cl)o2)O1. The molecule has 10 heteroatoms. The van der Waals surface area contributed by atoms with Crippen LogP contribution in [-0.4, -0.2) is 45.3 Å². The zero-order valence-electron chi connectivity index (χ0n) is 19.2. The van der Waals surface area contributed by atoms with Crippen molar-refractivity contribution in [2.75, 3.05) is 20.6 Å². The molecule has 4 aromatic rings. The highest BCUT2D eigenvalue weighted by molar-refractivity contribution is 6.31. The van der Waals surface area contributed by atoms with Crippen LogP contribution in [-0.2, 0) is 25.4 Å². The lowest BCUT2D eigenvalue weighted by Crippen LogP contribution is -2.39. The zero-order chi connectivity index (χ0) is 24.3. The monoisotopic (exact) mass is 502 g/mol. The minimum absolute atomic E-state index is 0.211. The molecule has 0 bridgehead atoms. The van der Waals surface area contributed by atoms with Gasteiger partial charge in [0.1, 0.15) is 5.76 Å². The predicted octanol–water partition coefficient (Wildman–Crippen LogP) is 3.66. The normalized spacial score (nSPS) is 18.1. The van der Waals surface area contributed by atoms with Gasteiger partial charge in [-0.05, 0) is 50.0 Å². The van der Waals surface area contributed by atoms with Gasteiger partial charge in [0.25, 0.3) is 5.56 Å². The first kappa shape index (κ1) is 23.0. The number of hydrogen-bond acceptors (Lipinski definition) is 5. The van der Waals surface area contributed by atoms with Gasteiger partial charge in [0.2, 0.25) is 0 Å². The van der Waals surface area contributed by atoms with E-state index in [1.54, 1.807) is 25.2 Å². The average molecular weight is 503 g/mol. The lowest BCUT2D eigenvalue weighted by molar-refractivity contribution is -0.0441. The van der Waals surface area contributed by atoms with Crippen LogP contribution >= 0.6 is 23.2 Å². The lowest BCUT2D eigenvalue weighted by atomic mass is 10.1. The van der Waals surface area contributed by atoms with Crippen LogP contribution in [0.1, 0.15) is 17.6 Å². The maximum absolute atomic E-state index is 13.5. The molecule has 1 aliphatic rings. The molecule has 0 saturated heterocycles. The van der Waals surface area contributed by atoms with Crippen molar-refractivity contribution in [2.24, 2.45) is 14.1 Å². The number of ether oxygens (including phenoxy) is 1. The number of furan rings is 1. The van der Waals surface area contributed by atoms with E-state index in [1.165, 1.54) is 11.6 Å². The minimum atomic E-state index is -0.667. The summed E-state index contributed by atoms with van der Waals surface area (Å²) in [6.45, 7) is 1.12. The summed E-state index contributed by atoms with van der Waals surface area (Å²) < 4.78 is 16.9. The number of hydrogen-bond donors (Lipinski definition) is 0. The van der Waals surface area contributed by atoms with Crippen molar-refractivity contribution in [1.29, 1.82) is 0 Å². The Morgan fingerprint density at radius 3 is 2.50 bits per heavy atom. The molecule has 34 heavy (non-hydrogen) atoms. The van der Waals surface area contributed by atoms with Gasteiger partial charge >= 0.3 is 5.69 Å². The zero-order valence-corrected chi connectivity index (χ0v) is 20.7. The molecule has 0 unspecified atom stereocenters. The molecular formula is C24H24Cl2N4O4. The third-order valence-electron chi connectivity index (χ3n) is 6.19. The largest absolute Gasteiger partial charge is 0.446 e. The van der Waals surface area contributed by atoms with Gasteiger partial charge in [-0.1, -0.05) is 23.7 Å². The van der Waals surface area contributed by atoms with Crippen LogP contribution in [0.3, 0.4) is 0 Å². The number of benzene rings is 1. The van der Waals surface area contributed by atoms with E-state index in [4.69, 9.17) is 32.4 Å². The smallest absolute Gasteiger partial charge is 0.331 e. The van der Waals surface area contributed by atoms with E-state index in [9.17, 15) is 9.59 Å². The molecule has 1 aromatic carbocycles. The third kappa shape index (κ3) is 3.62. The summed E-state index contributed by atoms with van der Waals surface area (Å²) in [5, 5.41) is 1.21. The number of halogens is 2. The number of aryl methyl sites for hydroxylation is 1. The summed E-state index contributed by atoms with van der Waals surface area (Å²) in [5.41, 5.74) is 1.84. The first-order valence-corrected chi connectivity index (χ1v) is 11.6. The fraction of sp³-hybridized carbons (Fsp3) is 0.333. The van der Waals surface area contributed by atoms with E-state index >= 15 is 0 Å². The second kappa shape index (κ2) is 8.46. The van der Waals surface area contributed by atoms with Crippen molar-refractivity contribution in [3.8, 4) is 11.3 Å². The molecule has 0 aliphatic carbocycles. The highest BCUT2D eigenvalue weighted by Crippen LogP contribution is 2.43. The second-order valence-electron chi connectivity index (χ2n) is 8.83. The summed E-state index contributed by atoms with van der Waals surface area (Å²) in [6.07, 6.45) is -0.878. The summed E-state index contributed by atoms with van der Waals surface area (Å²) in [6, 6.07) is 10.8. The van der Waals surface area contributed by atoms with Gasteiger partial charge in [-0.3, -0.25) is 13.9 Å². The molecule has 0 fully saturated rings. The van der Waals surface area contributed by atoms with E-state index in [0.717, 1.165) is 10.1 Å². The molecule has 178 valence electrons. The van der Waals surface area contributed by atoms with E-state index in [-0.39, 0.29) is 16.9 Å². The number of rotatable bonds is 4. The van der Waals surface area contributed by atoms with Crippen LogP contribution in [0.2, 0.25) is 10.2 Å². The Balaban J connectivity index is 1.93. The van der Waals surface area contributed by atoms with Crippen molar-refractivity contribution in [2.45, 2.75) is 18.8 Å². The topological polar surface area (TPSA) is 74.5 Å². The van der Waals surface area contributed by atoms with E-state index in [0.29, 0.717) is 46.2 Å². The van der Waals surface area contributed by atoms with Gasteiger partial charge in [-0.2, -0.15) is 0 Å². The molecule has 3 aromatic heterocycles. The summed E-state index contributed by atoms with van der Waals surface area (Å²) >= 11 is 12.4. The maximum atomic E-state index is 13.5. The highest BCUT2D eigenvalue weighted by atomic mass is 35.5. The molecule has 1 aliphatic heterocycles. The summed E-state index contributed by atoms with van der Waals surface area (Å²) in [5.74, 6) is 0.500. The summed E-state index contributed by atoms with van der Waals surface area (Å²) in [4.78, 5) is 28.5. The average Bonchev–Trinajstić information content (AvgIpc) is 3.36. The maximum Gasteiger partial charge on any atom is 0.331 e. The number of fused-ring (bicyclic) bond motifs is 3. The van der Waals surface area contributed by atoms with Crippen molar-refractivity contribution in [1.82, 2.24) is 18.6 Å². The second-order valence-corrected chi connectivity index (χ2v) is 9.64. The van der Waals surface area contributed by atoms with E-state index in [2.05, 4.69) is 4.57 Å². The molecule has 0 radical (unpaired) electrons.